The van der Waals surface area contributed by atoms with Gasteiger partial charge in [-0.15, -0.1) is 11.3 Å². The molecular formula is C14H15N3OS. The van der Waals surface area contributed by atoms with Crippen LogP contribution in [0.1, 0.15) is 24.9 Å². The van der Waals surface area contributed by atoms with E-state index < -0.39 is 0 Å². The number of thiophene rings is 1. The molecule has 1 unspecified atom stereocenters. The van der Waals surface area contributed by atoms with Crippen molar-refractivity contribution in [2.24, 2.45) is 0 Å². The van der Waals surface area contributed by atoms with Gasteiger partial charge in [0.2, 0.25) is 0 Å². The number of nitrogens with zero attached hydrogens (tertiary/aromatic N) is 1. The van der Waals surface area contributed by atoms with E-state index in [1.807, 2.05) is 19.1 Å². The number of fused-ring (bicyclic) bond motifs is 1. The molecule has 0 aliphatic carbocycles. The van der Waals surface area contributed by atoms with Gasteiger partial charge in [0.05, 0.1) is 0 Å². The Hall–Kier alpha value is -1.88. The molecule has 1 saturated heterocycles. The van der Waals surface area contributed by atoms with Crippen LogP contribution >= 0.6 is 11.3 Å². The zero-order valence-corrected chi connectivity index (χ0v) is 11.5. The minimum absolute atomic E-state index is 0.160. The third-order valence-electron chi connectivity index (χ3n) is 3.36. The Balaban J connectivity index is 2.08. The van der Waals surface area contributed by atoms with Crippen LogP contribution in [0.15, 0.2) is 29.6 Å². The summed E-state index contributed by atoms with van der Waals surface area (Å²) >= 11 is 1.66. The topological polar surface area (TPSA) is 56.2 Å². The summed E-state index contributed by atoms with van der Waals surface area (Å²) in [5.74, 6) is 0.280. The number of rotatable bonds is 3. The predicted molar refractivity (Wildman–Crippen MR) is 77.8 cm³/mol. The minimum Gasteiger partial charge on any atom is -0.310 e. The second-order valence-corrected chi connectivity index (χ2v) is 5.54. The van der Waals surface area contributed by atoms with Crippen molar-refractivity contribution in [3.63, 3.8) is 0 Å². The van der Waals surface area contributed by atoms with E-state index in [2.05, 4.69) is 22.8 Å². The van der Waals surface area contributed by atoms with Gasteiger partial charge in [-0.1, -0.05) is 25.1 Å². The first-order valence-electron chi connectivity index (χ1n) is 6.34. The first-order chi connectivity index (χ1) is 9.22. The van der Waals surface area contributed by atoms with Crippen molar-refractivity contribution in [2.45, 2.75) is 19.4 Å². The van der Waals surface area contributed by atoms with E-state index in [1.165, 1.54) is 4.70 Å². The largest absolute Gasteiger partial charge is 0.323 e. The van der Waals surface area contributed by atoms with Crippen molar-refractivity contribution < 1.29 is 4.79 Å². The molecule has 0 bridgehead atoms. The molecule has 5 heteroatoms. The van der Waals surface area contributed by atoms with Crippen LogP contribution in [-0.2, 0) is 0 Å². The fraction of sp³-hybridized carbons (Fsp3) is 0.286. The molecule has 1 aromatic carbocycles. The Morgan fingerprint density at radius 3 is 3.00 bits per heavy atom. The molecule has 0 spiro atoms. The average molecular weight is 273 g/mol. The van der Waals surface area contributed by atoms with E-state index in [9.17, 15) is 4.79 Å². The third kappa shape index (κ3) is 1.90. The SMILES string of the molecule is CCCN1C(=O)NC(=N)C1c1csc2ccccc12. The monoisotopic (exact) mass is 273 g/mol. The standard InChI is InChI=1S/C14H15N3OS/c1-2-7-17-12(13(15)16-14(17)18)10-8-19-11-6-4-3-5-9(10)11/h3-6,8,12H,2,7H2,1H3,(H2,15,16,18). The summed E-state index contributed by atoms with van der Waals surface area (Å²) in [6.07, 6.45) is 0.888. The summed E-state index contributed by atoms with van der Waals surface area (Å²) in [6.45, 7) is 2.71. The number of hydrogen-bond donors (Lipinski definition) is 2. The third-order valence-corrected chi connectivity index (χ3v) is 4.34. The average Bonchev–Trinajstić information content (AvgIpc) is 2.92. The second kappa shape index (κ2) is 4.66. The molecule has 2 amide bonds. The summed E-state index contributed by atoms with van der Waals surface area (Å²) in [5, 5.41) is 13.9. The maximum absolute atomic E-state index is 11.9. The summed E-state index contributed by atoms with van der Waals surface area (Å²) in [5.41, 5.74) is 1.05. The van der Waals surface area contributed by atoms with Crippen molar-refractivity contribution in [3.8, 4) is 0 Å². The lowest BCUT2D eigenvalue weighted by atomic mass is 10.0. The van der Waals surface area contributed by atoms with Crippen molar-refractivity contribution in [1.29, 1.82) is 5.41 Å². The highest BCUT2D eigenvalue weighted by Crippen LogP contribution is 2.35. The summed E-state index contributed by atoms with van der Waals surface area (Å²) < 4.78 is 1.20. The number of nitrogens with one attached hydrogen (secondary N) is 2. The van der Waals surface area contributed by atoms with Crippen LogP contribution in [0.4, 0.5) is 4.79 Å². The van der Waals surface area contributed by atoms with Crippen LogP contribution in [0.5, 0.6) is 0 Å². The molecule has 98 valence electrons. The van der Waals surface area contributed by atoms with Crippen molar-refractivity contribution >= 4 is 33.3 Å². The molecule has 2 N–H and O–H groups in total. The number of urea groups is 1. The fourth-order valence-electron chi connectivity index (χ4n) is 2.53. The summed E-state index contributed by atoms with van der Waals surface area (Å²) in [6, 6.07) is 7.71. The Bertz CT molecular complexity index is 649. The lowest BCUT2D eigenvalue weighted by Gasteiger charge is -2.21. The maximum Gasteiger partial charge on any atom is 0.323 e. The quantitative estimate of drug-likeness (QED) is 0.885. The van der Waals surface area contributed by atoms with E-state index in [1.54, 1.807) is 16.2 Å². The minimum atomic E-state index is -0.261. The molecule has 1 aromatic heterocycles. The van der Waals surface area contributed by atoms with E-state index in [0.717, 1.165) is 17.4 Å². The molecule has 1 aliphatic rings. The Kier molecular flexibility index (Phi) is 2.98. The van der Waals surface area contributed by atoms with Crippen LogP contribution in [0, 0.1) is 5.41 Å². The van der Waals surface area contributed by atoms with Crippen molar-refractivity contribution in [2.75, 3.05) is 6.54 Å². The lowest BCUT2D eigenvalue weighted by molar-refractivity contribution is 0.206. The van der Waals surface area contributed by atoms with Gasteiger partial charge in [0.1, 0.15) is 11.9 Å². The first-order valence-corrected chi connectivity index (χ1v) is 7.22. The highest BCUT2D eigenvalue weighted by Gasteiger charge is 2.37. The first kappa shape index (κ1) is 12.2. The van der Waals surface area contributed by atoms with Crippen LogP contribution in [-0.4, -0.2) is 23.3 Å². The van der Waals surface area contributed by atoms with E-state index in [4.69, 9.17) is 5.41 Å². The zero-order chi connectivity index (χ0) is 13.4. The number of carbonyl (C=O) groups is 1. The molecule has 19 heavy (non-hydrogen) atoms. The van der Waals surface area contributed by atoms with Gasteiger partial charge in [0.15, 0.2) is 0 Å². The highest BCUT2D eigenvalue weighted by atomic mass is 32.1. The predicted octanol–water partition coefficient (Wildman–Crippen LogP) is 3.35. The van der Waals surface area contributed by atoms with E-state index >= 15 is 0 Å². The Morgan fingerprint density at radius 2 is 2.21 bits per heavy atom. The Labute approximate surface area is 115 Å². The molecule has 4 nitrogen and oxygen atoms in total. The molecule has 0 radical (unpaired) electrons. The maximum atomic E-state index is 11.9. The van der Waals surface area contributed by atoms with Crippen LogP contribution in [0.3, 0.4) is 0 Å². The molecule has 1 fully saturated rings. The zero-order valence-electron chi connectivity index (χ0n) is 10.6. The van der Waals surface area contributed by atoms with Gasteiger partial charge >= 0.3 is 6.03 Å². The molecule has 1 aliphatic heterocycles. The number of amides is 2. The number of carbonyl (C=O) groups excluding carboxylic acids is 1. The number of hydrogen-bond acceptors (Lipinski definition) is 3. The molecular weight excluding hydrogens is 258 g/mol. The molecule has 2 aromatic rings. The Morgan fingerprint density at radius 1 is 1.42 bits per heavy atom. The molecule has 2 heterocycles. The fourth-order valence-corrected chi connectivity index (χ4v) is 3.51. The second-order valence-electron chi connectivity index (χ2n) is 4.63. The van der Waals surface area contributed by atoms with Crippen molar-refractivity contribution in [3.05, 3.63) is 35.2 Å². The van der Waals surface area contributed by atoms with Gasteiger partial charge < -0.3 is 4.90 Å². The summed E-state index contributed by atoms with van der Waals surface area (Å²) in [7, 11) is 0. The van der Waals surface area contributed by atoms with Gasteiger partial charge in [0, 0.05) is 16.8 Å². The van der Waals surface area contributed by atoms with E-state index in [0.29, 0.717) is 6.54 Å². The van der Waals surface area contributed by atoms with Crippen molar-refractivity contribution in [1.82, 2.24) is 10.2 Å². The number of benzene rings is 1. The van der Waals surface area contributed by atoms with Gasteiger partial charge in [-0.3, -0.25) is 10.7 Å². The lowest BCUT2D eigenvalue weighted by Crippen LogP contribution is -2.30. The van der Waals surface area contributed by atoms with Gasteiger partial charge in [-0.05, 0) is 23.3 Å². The molecule has 0 saturated carbocycles. The number of amidine groups is 1. The normalized spacial score (nSPS) is 19.2. The highest BCUT2D eigenvalue weighted by molar-refractivity contribution is 7.17. The van der Waals surface area contributed by atoms with Crippen LogP contribution in [0.2, 0.25) is 0 Å². The molecule has 3 rings (SSSR count). The smallest absolute Gasteiger partial charge is 0.310 e. The van der Waals surface area contributed by atoms with Gasteiger partial charge in [-0.2, -0.15) is 0 Å². The van der Waals surface area contributed by atoms with Gasteiger partial charge in [0.25, 0.3) is 0 Å². The molecule has 1 atom stereocenters. The van der Waals surface area contributed by atoms with Crippen LogP contribution < -0.4 is 5.32 Å². The summed E-state index contributed by atoms with van der Waals surface area (Å²) in [4.78, 5) is 13.6. The van der Waals surface area contributed by atoms with E-state index in [-0.39, 0.29) is 17.9 Å². The van der Waals surface area contributed by atoms with Gasteiger partial charge in [-0.25, -0.2) is 4.79 Å². The van der Waals surface area contributed by atoms with Crippen LogP contribution in [0.25, 0.3) is 10.1 Å².